The maximum absolute atomic E-state index is 11.0. The first-order valence-corrected chi connectivity index (χ1v) is 6.37. The molecule has 6 nitrogen and oxygen atoms in total. The van der Waals surface area contributed by atoms with Gasteiger partial charge in [0, 0.05) is 11.1 Å². The molecule has 112 valence electrons. The van der Waals surface area contributed by atoms with Crippen LogP contribution in [0.15, 0.2) is 48.5 Å². The van der Waals surface area contributed by atoms with E-state index in [9.17, 15) is 19.2 Å². The topological polar surface area (TPSA) is 96.5 Å². The summed E-state index contributed by atoms with van der Waals surface area (Å²) >= 11 is 0. The summed E-state index contributed by atoms with van der Waals surface area (Å²) in [6.45, 7) is 0. The summed E-state index contributed by atoms with van der Waals surface area (Å²) in [5.41, 5.74) is 1.81. The quantitative estimate of drug-likeness (QED) is 0.547. The molecule has 23 heavy (non-hydrogen) atoms. The van der Waals surface area contributed by atoms with E-state index in [4.69, 9.17) is 0 Å². The number of Topliss-reactive ketones (excluding diaryl/α,β-unsaturated/α-hetero) is 2. The second-order valence-electron chi connectivity index (χ2n) is 4.53. The van der Waals surface area contributed by atoms with Gasteiger partial charge in [-0.15, -0.1) is 11.4 Å². The Labute approximate surface area is 145 Å². The van der Waals surface area contributed by atoms with Crippen LogP contribution in [0.5, 0.6) is 0 Å². The van der Waals surface area contributed by atoms with Crippen LogP contribution in [0.3, 0.4) is 0 Å². The number of rotatable bonds is 0. The van der Waals surface area contributed by atoms with Gasteiger partial charge in [0.1, 0.15) is 11.8 Å². The Bertz CT molecular complexity index is 763. The molecule has 0 fully saturated rings. The predicted octanol–water partition coefficient (Wildman–Crippen LogP) is 2.83. The first kappa shape index (κ1) is 16.8. The number of amides is 2. The van der Waals surface area contributed by atoms with E-state index in [0.29, 0.717) is 22.5 Å². The molecule has 2 aliphatic rings. The van der Waals surface area contributed by atoms with Gasteiger partial charge < -0.3 is 20.2 Å². The number of benzene rings is 2. The molecule has 0 unspecified atom stereocenters. The molecule has 0 radical (unpaired) electrons. The second kappa shape index (κ2) is 6.67. The minimum absolute atomic E-state index is 0. The molecule has 2 amide bonds. The molecular weight excluding hydrogens is 468 g/mol. The van der Waals surface area contributed by atoms with Gasteiger partial charge in [-0.1, -0.05) is 48.5 Å². The molecule has 0 aromatic heterocycles. The summed E-state index contributed by atoms with van der Waals surface area (Å²) in [6, 6.07) is 13.4. The fourth-order valence-electron chi connectivity index (χ4n) is 2.08. The molecule has 0 saturated heterocycles. The Balaban J connectivity index is 0.000000160. The zero-order valence-corrected chi connectivity index (χ0v) is 14.5. The maximum atomic E-state index is 11.0. The SMILES string of the molecule is O=C1[N-]c2ccccc2C1=O.O=C1[N-]c2ccccc2C1=O.[W+2]. The number of ketones is 2. The largest absolute Gasteiger partial charge is 2.00 e. The molecule has 0 atom stereocenters. The van der Waals surface area contributed by atoms with Crippen LogP contribution in [0, 0.1) is 0 Å². The van der Waals surface area contributed by atoms with Crippen LogP contribution in [0.4, 0.5) is 11.4 Å². The molecule has 0 N–H and O–H groups in total. The molecule has 2 heterocycles. The normalized spacial score (nSPS) is 13.9. The number of hydrogen-bond donors (Lipinski definition) is 0. The molecule has 0 saturated carbocycles. The van der Waals surface area contributed by atoms with Crippen molar-refractivity contribution in [3.8, 4) is 0 Å². The third-order valence-corrected chi connectivity index (χ3v) is 3.13. The second-order valence-corrected chi connectivity index (χ2v) is 4.53. The van der Waals surface area contributed by atoms with E-state index >= 15 is 0 Å². The van der Waals surface area contributed by atoms with E-state index in [1.54, 1.807) is 48.5 Å². The van der Waals surface area contributed by atoms with Gasteiger partial charge in [0.2, 0.25) is 11.6 Å². The van der Waals surface area contributed by atoms with Gasteiger partial charge >= 0.3 is 21.1 Å². The third-order valence-electron chi connectivity index (χ3n) is 3.13. The summed E-state index contributed by atoms with van der Waals surface area (Å²) in [7, 11) is 0. The molecular formula is C16H8N2O4W. The molecule has 0 spiro atoms. The Morgan fingerprint density at radius 1 is 0.565 bits per heavy atom. The van der Waals surface area contributed by atoms with E-state index in [-0.39, 0.29) is 21.1 Å². The van der Waals surface area contributed by atoms with E-state index < -0.39 is 23.4 Å². The third kappa shape index (κ3) is 3.12. The Kier molecular flexibility index (Phi) is 4.86. The summed E-state index contributed by atoms with van der Waals surface area (Å²) in [4.78, 5) is 43.3. The van der Waals surface area contributed by atoms with Crippen molar-refractivity contribution in [1.82, 2.24) is 0 Å². The van der Waals surface area contributed by atoms with Gasteiger partial charge in [-0.3, -0.25) is 9.59 Å². The summed E-state index contributed by atoms with van der Waals surface area (Å²) in [5, 5.41) is 7.09. The first-order valence-electron chi connectivity index (χ1n) is 6.37. The van der Waals surface area contributed by atoms with Crippen molar-refractivity contribution in [2.45, 2.75) is 0 Å². The molecule has 0 aliphatic carbocycles. The average Bonchev–Trinajstić information content (AvgIpc) is 2.98. The van der Waals surface area contributed by atoms with Crippen LogP contribution >= 0.6 is 0 Å². The van der Waals surface area contributed by atoms with Crippen LogP contribution in [0.1, 0.15) is 20.7 Å². The van der Waals surface area contributed by atoms with E-state index in [1.165, 1.54) is 0 Å². The predicted molar refractivity (Wildman–Crippen MR) is 77.6 cm³/mol. The fourth-order valence-corrected chi connectivity index (χ4v) is 2.08. The van der Waals surface area contributed by atoms with Gasteiger partial charge in [-0.2, -0.15) is 0 Å². The Morgan fingerprint density at radius 2 is 0.913 bits per heavy atom. The molecule has 7 heteroatoms. The zero-order chi connectivity index (χ0) is 15.7. The number of carbonyl (C=O) groups is 4. The summed E-state index contributed by atoms with van der Waals surface area (Å²) in [6.07, 6.45) is 0. The van der Waals surface area contributed by atoms with Crippen molar-refractivity contribution < 1.29 is 40.2 Å². The number of para-hydroxylation sites is 2. The van der Waals surface area contributed by atoms with Crippen molar-refractivity contribution in [3.05, 3.63) is 70.3 Å². The minimum Gasteiger partial charge on any atom is -0.619 e. The van der Waals surface area contributed by atoms with Gasteiger partial charge in [0.25, 0.3) is 0 Å². The number of fused-ring (bicyclic) bond motifs is 2. The number of carbonyl (C=O) groups excluding carboxylic acids is 4. The number of hydrogen-bond acceptors (Lipinski definition) is 4. The van der Waals surface area contributed by atoms with Crippen LogP contribution < -0.4 is 0 Å². The zero-order valence-electron chi connectivity index (χ0n) is 11.6. The standard InChI is InChI=1S/2C8H5NO2.W/c2*10-7-5-3-1-2-4-6(5)9-8(7)11;/h2*1-4H,(H,9,10,11);/q;;+2/p-2. The minimum atomic E-state index is -0.661. The van der Waals surface area contributed by atoms with Crippen molar-refractivity contribution >= 4 is 34.8 Å². The van der Waals surface area contributed by atoms with Crippen molar-refractivity contribution in [2.75, 3.05) is 0 Å². The fraction of sp³-hybridized carbons (Fsp3) is 0. The van der Waals surface area contributed by atoms with Gasteiger partial charge in [-0.05, 0) is 0 Å². The Morgan fingerprint density at radius 3 is 1.26 bits per heavy atom. The first-order chi connectivity index (χ1) is 10.6. The number of nitrogens with zero attached hydrogens (tertiary/aromatic N) is 2. The van der Waals surface area contributed by atoms with Crippen molar-refractivity contribution in [3.63, 3.8) is 0 Å². The van der Waals surface area contributed by atoms with Gasteiger partial charge in [0.05, 0.1) is 0 Å². The average molecular weight is 476 g/mol. The van der Waals surface area contributed by atoms with E-state index in [1.807, 2.05) is 0 Å². The molecule has 2 aromatic carbocycles. The molecule has 0 bridgehead atoms. The van der Waals surface area contributed by atoms with Crippen LogP contribution in [-0.4, -0.2) is 23.4 Å². The van der Waals surface area contributed by atoms with Crippen LogP contribution in [0.2, 0.25) is 0 Å². The molecule has 4 rings (SSSR count). The van der Waals surface area contributed by atoms with E-state index in [0.717, 1.165) is 0 Å². The summed E-state index contributed by atoms with van der Waals surface area (Å²) in [5.74, 6) is -2.32. The monoisotopic (exact) mass is 476 g/mol. The van der Waals surface area contributed by atoms with Gasteiger partial charge in [0.15, 0.2) is 0 Å². The van der Waals surface area contributed by atoms with Gasteiger partial charge in [-0.25, -0.2) is 0 Å². The summed E-state index contributed by atoms with van der Waals surface area (Å²) < 4.78 is 0. The van der Waals surface area contributed by atoms with Crippen LogP contribution in [-0.2, 0) is 30.7 Å². The smallest absolute Gasteiger partial charge is 0.619 e. The van der Waals surface area contributed by atoms with Crippen molar-refractivity contribution in [1.29, 1.82) is 0 Å². The Hall–Kier alpha value is -2.59. The van der Waals surface area contributed by atoms with Crippen molar-refractivity contribution in [2.24, 2.45) is 0 Å². The molecule has 2 aliphatic heterocycles. The maximum Gasteiger partial charge on any atom is 2.00 e. The molecule has 2 aromatic rings. The van der Waals surface area contributed by atoms with E-state index in [2.05, 4.69) is 10.6 Å². The van der Waals surface area contributed by atoms with Crippen LogP contribution in [0.25, 0.3) is 10.6 Å².